The molecule has 21 heavy (non-hydrogen) atoms. The highest BCUT2D eigenvalue weighted by atomic mass is 79.9. The molecule has 5 nitrogen and oxygen atoms in total. The maximum Gasteiger partial charge on any atom is 0.166 e. The van der Waals surface area contributed by atoms with Gasteiger partial charge in [-0.25, -0.2) is 0 Å². The molecule has 106 valence electrons. The fourth-order valence-electron chi connectivity index (χ4n) is 2.00. The van der Waals surface area contributed by atoms with E-state index < -0.39 is 0 Å². The number of aromatic nitrogens is 2. The van der Waals surface area contributed by atoms with Crippen molar-refractivity contribution in [2.45, 2.75) is 0 Å². The summed E-state index contributed by atoms with van der Waals surface area (Å²) in [5.41, 5.74) is 2.32. The van der Waals surface area contributed by atoms with Gasteiger partial charge in [0.2, 0.25) is 0 Å². The van der Waals surface area contributed by atoms with Gasteiger partial charge in [0.1, 0.15) is 0 Å². The van der Waals surface area contributed by atoms with Gasteiger partial charge in [-0.05, 0) is 30.3 Å². The Bertz CT molecular complexity index is 827. The molecule has 3 rings (SSSR count). The first-order valence-electron chi connectivity index (χ1n) is 6.21. The van der Waals surface area contributed by atoms with E-state index >= 15 is 0 Å². The molecule has 0 saturated heterocycles. The van der Waals surface area contributed by atoms with Crippen LogP contribution in [-0.2, 0) is 0 Å². The standard InChI is InChI=1S/C15H12BrN3O2/c1-21-14-6-11(16)4-10(15(14)20)7-17-12-2-3-13-9(5-12)8-18-19-13/h2-8,20H,1H3,(H,18,19). The molecule has 0 fully saturated rings. The second kappa shape index (κ2) is 5.57. The van der Waals surface area contributed by atoms with Crippen molar-refractivity contribution in [3.63, 3.8) is 0 Å². The Morgan fingerprint density at radius 2 is 2.19 bits per heavy atom. The lowest BCUT2D eigenvalue weighted by molar-refractivity contribution is 0.373. The van der Waals surface area contributed by atoms with E-state index in [1.165, 1.54) is 7.11 Å². The van der Waals surface area contributed by atoms with Crippen molar-refractivity contribution in [1.29, 1.82) is 0 Å². The third-order valence-electron chi connectivity index (χ3n) is 3.07. The molecule has 1 aromatic heterocycles. The predicted octanol–water partition coefficient (Wildman–Crippen LogP) is 3.79. The number of aliphatic imine (C=N–C) groups is 1. The van der Waals surface area contributed by atoms with Gasteiger partial charge in [-0.1, -0.05) is 15.9 Å². The van der Waals surface area contributed by atoms with Gasteiger partial charge in [0.25, 0.3) is 0 Å². The maximum atomic E-state index is 10.1. The van der Waals surface area contributed by atoms with E-state index in [0.29, 0.717) is 11.3 Å². The lowest BCUT2D eigenvalue weighted by Crippen LogP contribution is -1.89. The molecule has 0 aliphatic carbocycles. The van der Waals surface area contributed by atoms with E-state index in [0.717, 1.165) is 21.1 Å². The average Bonchev–Trinajstić information content (AvgIpc) is 2.95. The van der Waals surface area contributed by atoms with Crippen molar-refractivity contribution in [2.75, 3.05) is 7.11 Å². The Labute approximate surface area is 129 Å². The fourth-order valence-corrected chi connectivity index (χ4v) is 2.46. The van der Waals surface area contributed by atoms with Gasteiger partial charge in [0.05, 0.1) is 24.5 Å². The lowest BCUT2D eigenvalue weighted by Gasteiger charge is -2.06. The van der Waals surface area contributed by atoms with Crippen molar-refractivity contribution in [2.24, 2.45) is 4.99 Å². The van der Waals surface area contributed by atoms with Crippen LogP contribution in [-0.4, -0.2) is 28.6 Å². The molecule has 0 aliphatic rings. The summed E-state index contributed by atoms with van der Waals surface area (Å²) in [6, 6.07) is 9.18. The number of hydrogen-bond acceptors (Lipinski definition) is 4. The molecular weight excluding hydrogens is 334 g/mol. The van der Waals surface area contributed by atoms with Crippen LogP contribution in [0.5, 0.6) is 11.5 Å². The summed E-state index contributed by atoms with van der Waals surface area (Å²) in [7, 11) is 1.51. The van der Waals surface area contributed by atoms with Crippen LogP contribution in [0.25, 0.3) is 10.9 Å². The van der Waals surface area contributed by atoms with Crippen LogP contribution in [0.4, 0.5) is 5.69 Å². The zero-order valence-corrected chi connectivity index (χ0v) is 12.8. The van der Waals surface area contributed by atoms with Crippen LogP contribution < -0.4 is 4.74 Å². The third kappa shape index (κ3) is 2.75. The van der Waals surface area contributed by atoms with E-state index in [2.05, 4.69) is 31.1 Å². The third-order valence-corrected chi connectivity index (χ3v) is 3.52. The van der Waals surface area contributed by atoms with E-state index in [1.54, 1.807) is 24.5 Å². The highest BCUT2D eigenvalue weighted by Crippen LogP contribution is 2.33. The Morgan fingerprint density at radius 3 is 3.00 bits per heavy atom. The zero-order valence-electron chi connectivity index (χ0n) is 11.2. The van der Waals surface area contributed by atoms with Crippen LogP contribution >= 0.6 is 15.9 Å². The number of nitrogens with one attached hydrogen (secondary N) is 1. The molecule has 0 spiro atoms. The molecule has 1 heterocycles. The number of H-pyrrole nitrogens is 1. The van der Waals surface area contributed by atoms with Crippen LogP contribution in [0.15, 0.2) is 46.0 Å². The number of phenolic OH excluding ortho intramolecular Hbond substituents is 1. The number of benzene rings is 2. The number of methoxy groups -OCH3 is 1. The molecule has 2 N–H and O–H groups in total. The first kappa shape index (κ1) is 13.6. The van der Waals surface area contributed by atoms with Crippen LogP contribution in [0.2, 0.25) is 0 Å². The summed E-state index contributed by atoms with van der Waals surface area (Å²) < 4.78 is 5.92. The highest BCUT2D eigenvalue weighted by Gasteiger charge is 2.08. The van der Waals surface area contributed by atoms with Crippen molar-refractivity contribution >= 4 is 38.7 Å². The number of halogens is 1. The Balaban J connectivity index is 1.96. The minimum atomic E-state index is 0.0637. The minimum absolute atomic E-state index is 0.0637. The summed E-state index contributed by atoms with van der Waals surface area (Å²) in [6.07, 6.45) is 3.35. The van der Waals surface area contributed by atoms with Gasteiger partial charge < -0.3 is 9.84 Å². The Hall–Kier alpha value is -2.34. The SMILES string of the molecule is COc1cc(Br)cc(C=Nc2ccc3[nH]ncc3c2)c1O. The normalized spacial score (nSPS) is 11.3. The topological polar surface area (TPSA) is 70.5 Å². The quantitative estimate of drug-likeness (QED) is 0.709. The Morgan fingerprint density at radius 1 is 1.33 bits per heavy atom. The van der Waals surface area contributed by atoms with Gasteiger partial charge in [-0.3, -0.25) is 10.1 Å². The van der Waals surface area contributed by atoms with Crippen molar-refractivity contribution in [3.05, 3.63) is 46.6 Å². The van der Waals surface area contributed by atoms with E-state index in [-0.39, 0.29) is 5.75 Å². The maximum absolute atomic E-state index is 10.1. The fraction of sp³-hybridized carbons (Fsp3) is 0.0667. The molecule has 0 radical (unpaired) electrons. The van der Waals surface area contributed by atoms with Gasteiger partial charge in [-0.15, -0.1) is 0 Å². The molecule has 0 amide bonds. The molecule has 3 aromatic rings. The van der Waals surface area contributed by atoms with E-state index in [9.17, 15) is 5.11 Å². The van der Waals surface area contributed by atoms with Gasteiger partial charge in [0.15, 0.2) is 11.5 Å². The van der Waals surface area contributed by atoms with Crippen molar-refractivity contribution in [1.82, 2.24) is 10.2 Å². The highest BCUT2D eigenvalue weighted by molar-refractivity contribution is 9.10. The number of rotatable bonds is 3. The number of phenols is 1. The molecule has 0 unspecified atom stereocenters. The minimum Gasteiger partial charge on any atom is -0.504 e. The summed E-state index contributed by atoms with van der Waals surface area (Å²) in [5, 5.41) is 17.9. The summed E-state index contributed by atoms with van der Waals surface area (Å²) in [5.74, 6) is 0.463. The van der Waals surface area contributed by atoms with Crippen molar-refractivity contribution in [3.8, 4) is 11.5 Å². The second-order valence-electron chi connectivity index (χ2n) is 4.45. The summed E-state index contributed by atoms with van der Waals surface area (Å²) in [6.45, 7) is 0. The Kier molecular flexibility index (Phi) is 3.62. The molecule has 0 aliphatic heterocycles. The summed E-state index contributed by atoms with van der Waals surface area (Å²) in [4.78, 5) is 4.38. The van der Waals surface area contributed by atoms with Gasteiger partial charge in [0, 0.05) is 21.6 Å². The number of aromatic amines is 1. The average molecular weight is 346 g/mol. The van der Waals surface area contributed by atoms with Crippen LogP contribution in [0, 0.1) is 0 Å². The molecular formula is C15H12BrN3O2. The summed E-state index contributed by atoms with van der Waals surface area (Å²) >= 11 is 3.38. The second-order valence-corrected chi connectivity index (χ2v) is 5.36. The molecule has 0 atom stereocenters. The molecule has 0 saturated carbocycles. The number of nitrogens with zero attached hydrogens (tertiary/aromatic N) is 2. The number of ether oxygens (including phenoxy) is 1. The lowest BCUT2D eigenvalue weighted by atomic mass is 10.2. The smallest absolute Gasteiger partial charge is 0.166 e. The number of fused-ring (bicyclic) bond motifs is 1. The van der Waals surface area contributed by atoms with Crippen LogP contribution in [0.3, 0.4) is 0 Å². The predicted molar refractivity (Wildman–Crippen MR) is 85.7 cm³/mol. The van der Waals surface area contributed by atoms with E-state index in [1.807, 2.05) is 18.2 Å². The zero-order chi connectivity index (χ0) is 14.8. The largest absolute Gasteiger partial charge is 0.504 e. The van der Waals surface area contributed by atoms with E-state index in [4.69, 9.17) is 4.74 Å². The number of hydrogen-bond donors (Lipinski definition) is 2. The van der Waals surface area contributed by atoms with Crippen LogP contribution in [0.1, 0.15) is 5.56 Å². The molecule has 0 bridgehead atoms. The first-order chi connectivity index (χ1) is 10.2. The monoisotopic (exact) mass is 345 g/mol. The molecule has 6 heteroatoms. The van der Waals surface area contributed by atoms with Gasteiger partial charge in [-0.2, -0.15) is 5.10 Å². The van der Waals surface area contributed by atoms with Crippen molar-refractivity contribution < 1.29 is 9.84 Å². The first-order valence-corrected chi connectivity index (χ1v) is 7.00. The van der Waals surface area contributed by atoms with Gasteiger partial charge >= 0.3 is 0 Å². The number of aromatic hydroxyl groups is 1. The molecule has 2 aromatic carbocycles.